The van der Waals surface area contributed by atoms with Gasteiger partial charge in [-0.25, -0.2) is 0 Å². The Kier molecular flexibility index (Phi) is 8.34. The molecule has 3 N–H and O–H groups in total. The Morgan fingerprint density at radius 1 is 0.833 bits per heavy atom. The van der Waals surface area contributed by atoms with Crippen LogP contribution in [0.5, 0.6) is 0 Å². The van der Waals surface area contributed by atoms with Crippen LogP contribution in [-0.4, -0.2) is 42.3 Å². The van der Waals surface area contributed by atoms with Crippen molar-refractivity contribution in [3.05, 3.63) is 95.6 Å². The number of amides is 3. The molecule has 7 nitrogen and oxygen atoms in total. The number of carbonyl (C=O) groups is 3. The van der Waals surface area contributed by atoms with E-state index in [9.17, 15) is 14.4 Å². The summed E-state index contributed by atoms with van der Waals surface area (Å²) in [6.07, 6.45) is 2.04. The van der Waals surface area contributed by atoms with Crippen molar-refractivity contribution in [3.63, 3.8) is 0 Å². The maximum Gasteiger partial charge on any atom is 0.253 e. The van der Waals surface area contributed by atoms with Gasteiger partial charge < -0.3 is 20.9 Å². The summed E-state index contributed by atoms with van der Waals surface area (Å²) in [5, 5.41) is 8.80. The predicted molar refractivity (Wildman–Crippen MR) is 142 cm³/mol. The Bertz CT molecular complexity index is 1190. The van der Waals surface area contributed by atoms with Gasteiger partial charge in [-0.15, -0.1) is 0 Å². The number of carbonyl (C=O) groups excluding carboxylic acids is 3. The lowest BCUT2D eigenvalue weighted by molar-refractivity contribution is -0.114. The molecule has 0 unspecified atom stereocenters. The third kappa shape index (κ3) is 6.95. The first-order valence-electron chi connectivity index (χ1n) is 12.3. The number of likely N-dealkylation sites (tertiary alicyclic amines) is 1. The number of nitrogens with one attached hydrogen (secondary N) is 3. The Balaban J connectivity index is 1.24. The van der Waals surface area contributed by atoms with Crippen molar-refractivity contribution in [2.75, 3.05) is 30.3 Å². The Morgan fingerprint density at radius 2 is 1.56 bits per heavy atom. The first-order chi connectivity index (χ1) is 17.5. The van der Waals surface area contributed by atoms with Gasteiger partial charge in [0.2, 0.25) is 5.91 Å². The summed E-state index contributed by atoms with van der Waals surface area (Å²) in [4.78, 5) is 39.5. The number of hydrogen-bond donors (Lipinski definition) is 3. The van der Waals surface area contributed by atoms with Crippen molar-refractivity contribution in [3.8, 4) is 0 Å². The van der Waals surface area contributed by atoms with Crippen LogP contribution in [0.25, 0.3) is 0 Å². The van der Waals surface area contributed by atoms with E-state index >= 15 is 0 Å². The maximum absolute atomic E-state index is 12.8. The summed E-state index contributed by atoms with van der Waals surface area (Å²) in [5.41, 5.74) is 3.48. The van der Waals surface area contributed by atoms with E-state index in [-0.39, 0.29) is 24.3 Å². The van der Waals surface area contributed by atoms with Gasteiger partial charge in [0.25, 0.3) is 11.8 Å². The molecule has 4 rings (SSSR count). The molecule has 3 aromatic carbocycles. The van der Waals surface area contributed by atoms with E-state index in [1.807, 2.05) is 35.2 Å². The number of rotatable bonds is 8. The van der Waals surface area contributed by atoms with E-state index < -0.39 is 0 Å². The molecule has 0 atom stereocenters. The number of benzene rings is 3. The van der Waals surface area contributed by atoms with Gasteiger partial charge in [0.1, 0.15) is 0 Å². The van der Waals surface area contributed by atoms with E-state index in [0.29, 0.717) is 29.3 Å². The zero-order valence-electron chi connectivity index (χ0n) is 20.5. The standard InChI is InChI=1S/C29H32N4O3/c1-21-14-16-33(17-15-21)29(36)24-8-5-9-26(18-24)32-27(34)20-30-25-12-10-23(11-13-25)28(35)31-19-22-6-3-2-4-7-22/h2-13,18,21,30H,14-17,19-20H2,1H3,(H,31,35)(H,32,34). The Hall–Kier alpha value is -4.13. The second-order valence-corrected chi connectivity index (χ2v) is 9.20. The van der Waals surface area contributed by atoms with Crippen molar-refractivity contribution < 1.29 is 14.4 Å². The van der Waals surface area contributed by atoms with E-state index in [4.69, 9.17) is 0 Å². The van der Waals surface area contributed by atoms with Crippen LogP contribution >= 0.6 is 0 Å². The van der Waals surface area contributed by atoms with Crippen LogP contribution in [0.1, 0.15) is 46.0 Å². The van der Waals surface area contributed by atoms with Crippen LogP contribution < -0.4 is 16.0 Å². The van der Waals surface area contributed by atoms with E-state index in [2.05, 4.69) is 22.9 Å². The molecule has 3 aromatic rings. The smallest absolute Gasteiger partial charge is 0.253 e. The second-order valence-electron chi connectivity index (χ2n) is 9.20. The van der Waals surface area contributed by atoms with Crippen molar-refractivity contribution in [2.24, 2.45) is 5.92 Å². The van der Waals surface area contributed by atoms with Gasteiger partial charge in [-0.2, -0.15) is 0 Å². The number of nitrogens with zero attached hydrogens (tertiary/aromatic N) is 1. The zero-order valence-corrected chi connectivity index (χ0v) is 20.5. The Labute approximate surface area is 211 Å². The van der Waals surface area contributed by atoms with Crippen LogP contribution in [0.2, 0.25) is 0 Å². The highest BCUT2D eigenvalue weighted by molar-refractivity contribution is 5.98. The van der Waals surface area contributed by atoms with E-state index in [1.54, 1.807) is 48.5 Å². The van der Waals surface area contributed by atoms with Crippen LogP contribution in [-0.2, 0) is 11.3 Å². The summed E-state index contributed by atoms with van der Waals surface area (Å²) in [5.74, 6) is 0.275. The van der Waals surface area contributed by atoms with Crippen molar-refractivity contribution in [1.29, 1.82) is 0 Å². The molecule has 0 aliphatic carbocycles. The minimum absolute atomic E-state index is 0.00372. The molecule has 3 amide bonds. The summed E-state index contributed by atoms with van der Waals surface area (Å²) in [6, 6.07) is 23.8. The molecule has 186 valence electrons. The highest BCUT2D eigenvalue weighted by atomic mass is 16.2. The summed E-state index contributed by atoms with van der Waals surface area (Å²) in [7, 11) is 0. The molecule has 1 aliphatic heterocycles. The van der Waals surface area contributed by atoms with E-state index in [0.717, 1.165) is 37.2 Å². The third-order valence-corrected chi connectivity index (χ3v) is 6.36. The molecule has 7 heteroatoms. The lowest BCUT2D eigenvalue weighted by Gasteiger charge is -2.30. The van der Waals surface area contributed by atoms with Gasteiger partial charge in [-0.3, -0.25) is 14.4 Å². The van der Waals surface area contributed by atoms with Gasteiger partial charge >= 0.3 is 0 Å². The molecule has 0 aromatic heterocycles. The zero-order chi connectivity index (χ0) is 25.3. The van der Waals surface area contributed by atoms with Crippen LogP contribution in [0.3, 0.4) is 0 Å². The van der Waals surface area contributed by atoms with Crippen LogP contribution in [0.4, 0.5) is 11.4 Å². The normalized spacial score (nSPS) is 13.6. The largest absolute Gasteiger partial charge is 0.376 e. The number of hydrogen-bond acceptors (Lipinski definition) is 4. The van der Waals surface area contributed by atoms with Gasteiger partial charge in [0.15, 0.2) is 0 Å². The SMILES string of the molecule is CC1CCN(C(=O)c2cccc(NC(=O)CNc3ccc(C(=O)NCc4ccccc4)cc3)c2)CC1. The summed E-state index contributed by atoms with van der Waals surface area (Å²) >= 11 is 0. The van der Waals surface area contributed by atoms with Crippen molar-refractivity contribution in [1.82, 2.24) is 10.2 Å². The molecule has 1 saturated heterocycles. The van der Waals surface area contributed by atoms with E-state index in [1.165, 1.54) is 0 Å². The Morgan fingerprint density at radius 3 is 2.28 bits per heavy atom. The summed E-state index contributed by atoms with van der Waals surface area (Å²) < 4.78 is 0. The fraction of sp³-hybridized carbons (Fsp3) is 0.276. The fourth-order valence-corrected chi connectivity index (χ4v) is 4.13. The fourth-order valence-electron chi connectivity index (χ4n) is 4.13. The minimum Gasteiger partial charge on any atom is -0.376 e. The third-order valence-electron chi connectivity index (χ3n) is 6.36. The molecule has 0 saturated carbocycles. The molecule has 36 heavy (non-hydrogen) atoms. The van der Waals surface area contributed by atoms with Crippen LogP contribution in [0, 0.1) is 5.92 Å². The first kappa shape index (κ1) is 25.0. The number of anilines is 2. The second kappa shape index (κ2) is 12.0. The predicted octanol–water partition coefficient (Wildman–Crippen LogP) is 4.54. The molecule has 0 bridgehead atoms. The quantitative estimate of drug-likeness (QED) is 0.438. The first-order valence-corrected chi connectivity index (χ1v) is 12.3. The minimum atomic E-state index is -0.226. The van der Waals surface area contributed by atoms with Gasteiger partial charge in [0.05, 0.1) is 6.54 Å². The molecule has 1 aliphatic rings. The molecular weight excluding hydrogens is 452 g/mol. The van der Waals surface area contributed by atoms with Gasteiger partial charge in [0, 0.05) is 42.1 Å². The maximum atomic E-state index is 12.8. The monoisotopic (exact) mass is 484 g/mol. The van der Waals surface area contributed by atoms with Crippen molar-refractivity contribution >= 4 is 29.1 Å². The topological polar surface area (TPSA) is 90.5 Å². The highest BCUT2D eigenvalue weighted by Gasteiger charge is 2.21. The highest BCUT2D eigenvalue weighted by Crippen LogP contribution is 2.20. The lowest BCUT2D eigenvalue weighted by atomic mass is 9.98. The lowest BCUT2D eigenvalue weighted by Crippen LogP contribution is -2.37. The molecule has 0 radical (unpaired) electrons. The van der Waals surface area contributed by atoms with Gasteiger partial charge in [-0.05, 0) is 66.8 Å². The average molecular weight is 485 g/mol. The molecule has 1 fully saturated rings. The average Bonchev–Trinajstić information content (AvgIpc) is 2.91. The van der Waals surface area contributed by atoms with Crippen molar-refractivity contribution in [2.45, 2.75) is 26.3 Å². The molecule has 1 heterocycles. The van der Waals surface area contributed by atoms with Crippen LogP contribution in [0.15, 0.2) is 78.9 Å². The van der Waals surface area contributed by atoms with Gasteiger partial charge in [-0.1, -0.05) is 43.3 Å². The molecule has 0 spiro atoms. The molecular formula is C29H32N4O3. The summed E-state index contributed by atoms with van der Waals surface area (Å²) in [6.45, 7) is 4.28. The number of piperidine rings is 1.